The van der Waals surface area contributed by atoms with E-state index >= 15 is 0 Å². The first kappa shape index (κ1) is 16.0. The number of rotatable bonds is 4. The van der Waals surface area contributed by atoms with Gasteiger partial charge in [0, 0.05) is 25.3 Å². The number of hydrogen-bond acceptors (Lipinski definition) is 2. The van der Waals surface area contributed by atoms with Gasteiger partial charge < -0.3 is 4.90 Å². The molecule has 24 heavy (non-hydrogen) atoms. The highest BCUT2D eigenvalue weighted by molar-refractivity contribution is 5.94. The molecule has 0 unspecified atom stereocenters. The van der Waals surface area contributed by atoms with E-state index in [9.17, 15) is 4.79 Å². The van der Waals surface area contributed by atoms with Crippen LogP contribution in [0.3, 0.4) is 0 Å². The van der Waals surface area contributed by atoms with Crippen LogP contribution >= 0.6 is 0 Å². The lowest BCUT2D eigenvalue weighted by Gasteiger charge is -2.13. The zero-order valence-electron chi connectivity index (χ0n) is 14.3. The van der Waals surface area contributed by atoms with E-state index in [2.05, 4.69) is 53.4 Å². The molecule has 3 aromatic carbocycles. The first-order valence-corrected chi connectivity index (χ1v) is 8.04. The predicted octanol–water partition coefficient (Wildman–Crippen LogP) is 5.29. The van der Waals surface area contributed by atoms with Gasteiger partial charge in [-0.15, -0.1) is 0 Å². The summed E-state index contributed by atoms with van der Waals surface area (Å²) >= 11 is 0. The smallest absolute Gasteiger partial charge is 0.159 e. The minimum Gasteiger partial charge on any atom is -0.378 e. The second-order valence-corrected chi connectivity index (χ2v) is 6.15. The maximum atomic E-state index is 11.4. The maximum Gasteiger partial charge on any atom is 0.159 e. The molecule has 0 fully saturated rings. The van der Waals surface area contributed by atoms with E-state index in [-0.39, 0.29) is 5.78 Å². The zero-order chi connectivity index (χ0) is 17.1. The van der Waals surface area contributed by atoms with E-state index in [0.29, 0.717) is 0 Å². The van der Waals surface area contributed by atoms with Crippen LogP contribution in [0.15, 0.2) is 72.8 Å². The van der Waals surface area contributed by atoms with Gasteiger partial charge in [0.2, 0.25) is 0 Å². The standard InChI is InChI=1S/C22H21NO/c1-16(24)17-4-6-18(7-5-17)19-8-10-20(11-9-19)21-12-14-22(15-13-21)23(2)3/h4-15H,1-3H3. The number of nitrogens with zero attached hydrogens (tertiary/aromatic N) is 1. The average molecular weight is 315 g/mol. The molecule has 0 saturated carbocycles. The van der Waals surface area contributed by atoms with Crippen molar-refractivity contribution >= 4 is 11.5 Å². The van der Waals surface area contributed by atoms with Crippen LogP contribution in [0, 0.1) is 0 Å². The van der Waals surface area contributed by atoms with Crippen LogP contribution in [0.4, 0.5) is 5.69 Å². The van der Waals surface area contributed by atoms with Crippen molar-refractivity contribution in [1.82, 2.24) is 0 Å². The summed E-state index contributed by atoms with van der Waals surface area (Å²) in [5.74, 6) is 0.0954. The van der Waals surface area contributed by atoms with Gasteiger partial charge in [0.25, 0.3) is 0 Å². The molecule has 0 aromatic heterocycles. The summed E-state index contributed by atoms with van der Waals surface area (Å²) in [6.45, 7) is 1.59. The molecule has 0 atom stereocenters. The molecule has 0 heterocycles. The molecule has 0 N–H and O–H groups in total. The van der Waals surface area contributed by atoms with E-state index in [1.54, 1.807) is 6.92 Å². The van der Waals surface area contributed by atoms with Crippen molar-refractivity contribution in [2.45, 2.75) is 6.92 Å². The minimum absolute atomic E-state index is 0.0954. The fraction of sp³-hybridized carbons (Fsp3) is 0.136. The van der Waals surface area contributed by atoms with E-state index in [1.807, 2.05) is 38.4 Å². The van der Waals surface area contributed by atoms with Crippen molar-refractivity contribution in [1.29, 1.82) is 0 Å². The maximum absolute atomic E-state index is 11.4. The Hall–Kier alpha value is -2.87. The van der Waals surface area contributed by atoms with Gasteiger partial charge >= 0.3 is 0 Å². The Bertz CT molecular complexity index is 829. The first-order chi connectivity index (χ1) is 11.5. The molecular formula is C22H21NO. The number of ketones is 1. The van der Waals surface area contributed by atoms with Crippen LogP contribution in [0.2, 0.25) is 0 Å². The molecule has 2 heteroatoms. The highest BCUT2D eigenvalue weighted by Gasteiger charge is 2.03. The van der Waals surface area contributed by atoms with Gasteiger partial charge in [-0.3, -0.25) is 4.79 Å². The van der Waals surface area contributed by atoms with Crippen LogP contribution in [-0.4, -0.2) is 19.9 Å². The predicted molar refractivity (Wildman–Crippen MR) is 102 cm³/mol. The van der Waals surface area contributed by atoms with Gasteiger partial charge in [-0.25, -0.2) is 0 Å². The lowest BCUT2D eigenvalue weighted by atomic mass is 9.99. The summed E-state index contributed by atoms with van der Waals surface area (Å²) in [7, 11) is 4.09. The van der Waals surface area contributed by atoms with E-state index < -0.39 is 0 Å². The Labute approximate surface area is 143 Å². The Morgan fingerprint density at radius 3 is 1.29 bits per heavy atom. The molecule has 0 saturated heterocycles. The molecule has 0 bridgehead atoms. The second-order valence-electron chi connectivity index (χ2n) is 6.15. The van der Waals surface area contributed by atoms with Gasteiger partial charge in [-0.05, 0) is 41.3 Å². The lowest BCUT2D eigenvalue weighted by Crippen LogP contribution is -2.07. The van der Waals surface area contributed by atoms with Crippen LogP contribution in [0.5, 0.6) is 0 Å². The van der Waals surface area contributed by atoms with Crippen molar-refractivity contribution in [3.8, 4) is 22.3 Å². The summed E-state index contributed by atoms with van der Waals surface area (Å²) < 4.78 is 0. The molecule has 120 valence electrons. The molecule has 3 rings (SSSR count). The third kappa shape index (κ3) is 3.38. The SMILES string of the molecule is CC(=O)c1ccc(-c2ccc(-c3ccc(N(C)C)cc3)cc2)cc1. The second kappa shape index (κ2) is 6.71. The summed E-state index contributed by atoms with van der Waals surface area (Å²) in [5.41, 5.74) is 6.62. The number of hydrogen-bond donors (Lipinski definition) is 0. The van der Waals surface area contributed by atoms with Crippen molar-refractivity contribution < 1.29 is 4.79 Å². The Balaban J connectivity index is 1.83. The summed E-state index contributed by atoms with van der Waals surface area (Å²) in [4.78, 5) is 13.5. The fourth-order valence-electron chi connectivity index (χ4n) is 2.70. The van der Waals surface area contributed by atoms with E-state index in [0.717, 1.165) is 16.7 Å². The quantitative estimate of drug-likeness (QED) is 0.610. The highest BCUT2D eigenvalue weighted by Crippen LogP contribution is 2.26. The number of benzene rings is 3. The molecule has 3 aromatic rings. The Kier molecular flexibility index (Phi) is 4.48. The van der Waals surface area contributed by atoms with Crippen molar-refractivity contribution in [3.63, 3.8) is 0 Å². The topological polar surface area (TPSA) is 20.3 Å². The largest absolute Gasteiger partial charge is 0.378 e. The Morgan fingerprint density at radius 1 is 0.625 bits per heavy atom. The van der Waals surface area contributed by atoms with Crippen LogP contribution in [-0.2, 0) is 0 Å². The molecule has 0 spiro atoms. The summed E-state index contributed by atoms with van der Waals surface area (Å²) in [6, 6.07) is 24.8. The summed E-state index contributed by atoms with van der Waals surface area (Å²) in [6.07, 6.45) is 0. The average Bonchev–Trinajstić information content (AvgIpc) is 2.62. The third-order valence-electron chi connectivity index (χ3n) is 4.23. The van der Waals surface area contributed by atoms with E-state index in [4.69, 9.17) is 0 Å². The number of anilines is 1. The molecular weight excluding hydrogens is 294 g/mol. The van der Waals surface area contributed by atoms with E-state index in [1.165, 1.54) is 16.8 Å². The number of carbonyl (C=O) groups is 1. The van der Waals surface area contributed by atoms with Gasteiger partial charge in [-0.2, -0.15) is 0 Å². The van der Waals surface area contributed by atoms with Crippen molar-refractivity contribution in [3.05, 3.63) is 78.4 Å². The molecule has 0 aliphatic carbocycles. The van der Waals surface area contributed by atoms with Gasteiger partial charge in [0.15, 0.2) is 5.78 Å². The molecule has 0 aliphatic rings. The summed E-state index contributed by atoms with van der Waals surface area (Å²) in [5, 5.41) is 0. The number of Topliss-reactive ketones (excluding diaryl/α,β-unsaturated/α-hetero) is 1. The number of carbonyl (C=O) groups excluding carboxylic acids is 1. The molecule has 0 aliphatic heterocycles. The van der Waals surface area contributed by atoms with Gasteiger partial charge in [0.05, 0.1) is 0 Å². The lowest BCUT2D eigenvalue weighted by molar-refractivity contribution is 0.101. The highest BCUT2D eigenvalue weighted by atomic mass is 16.1. The van der Waals surface area contributed by atoms with Crippen molar-refractivity contribution in [2.24, 2.45) is 0 Å². The normalized spacial score (nSPS) is 10.5. The van der Waals surface area contributed by atoms with Crippen molar-refractivity contribution in [2.75, 3.05) is 19.0 Å². The van der Waals surface area contributed by atoms with Crippen LogP contribution in [0.25, 0.3) is 22.3 Å². The fourth-order valence-corrected chi connectivity index (χ4v) is 2.70. The molecule has 0 radical (unpaired) electrons. The molecule has 0 amide bonds. The van der Waals surface area contributed by atoms with Crippen LogP contribution in [0.1, 0.15) is 17.3 Å². The molecule has 2 nitrogen and oxygen atoms in total. The van der Waals surface area contributed by atoms with Crippen LogP contribution < -0.4 is 4.90 Å². The minimum atomic E-state index is 0.0954. The van der Waals surface area contributed by atoms with Gasteiger partial charge in [-0.1, -0.05) is 60.7 Å². The van der Waals surface area contributed by atoms with Gasteiger partial charge in [0.1, 0.15) is 0 Å². The monoisotopic (exact) mass is 315 g/mol. The first-order valence-electron chi connectivity index (χ1n) is 8.04. The Morgan fingerprint density at radius 2 is 0.958 bits per heavy atom. The third-order valence-corrected chi connectivity index (χ3v) is 4.23. The zero-order valence-corrected chi connectivity index (χ0v) is 14.3.